The van der Waals surface area contributed by atoms with E-state index in [0.717, 1.165) is 12.7 Å². The minimum atomic E-state index is -0.217. The molecule has 10 heavy (non-hydrogen) atoms. The average molecular weight is 137 g/mol. The Bertz CT molecular complexity index is 237. The van der Waals surface area contributed by atoms with Crippen molar-refractivity contribution in [3.63, 3.8) is 0 Å². The van der Waals surface area contributed by atoms with Crippen molar-refractivity contribution in [3.05, 3.63) is 24.0 Å². The molecule has 0 unspecified atom stereocenters. The molecule has 0 aliphatic carbocycles. The predicted molar refractivity (Wildman–Crippen MR) is 43.5 cm³/mol. The number of nitrogens with two attached hydrogens (primary N) is 1. The van der Waals surface area contributed by atoms with E-state index in [-0.39, 0.29) is 5.82 Å². The molecule has 52 valence electrons. The highest BCUT2D eigenvalue weighted by molar-refractivity contribution is 6.54. The largest absolute Gasteiger partial charge is 0.399 e. The molecule has 0 fully saturated rings. The van der Waals surface area contributed by atoms with E-state index >= 15 is 0 Å². The van der Waals surface area contributed by atoms with Crippen LogP contribution in [-0.4, -0.2) is 7.28 Å². The van der Waals surface area contributed by atoms with E-state index < -0.39 is 0 Å². The molecule has 1 rings (SSSR count). The zero-order chi connectivity index (χ0) is 7.56. The summed E-state index contributed by atoms with van der Waals surface area (Å²) in [6.07, 6.45) is 0. The van der Waals surface area contributed by atoms with Crippen molar-refractivity contribution in [1.82, 2.24) is 0 Å². The maximum Gasteiger partial charge on any atom is 0.157 e. The Morgan fingerprint density at radius 3 is 2.70 bits per heavy atom. The van der Waals surface area contributed by atoms with E-state index in [9.17, 15) is 4.39 Å². The quantitative estimate of drug-likeness (QED) is 0.443. The minimum Gasteiger partial charge on any atom is -0.399 e. The second kappa shape index (κ2) is 2.73. The first kappa shape index (κ1) is 7.13. The lowest BCUT2D eigenvalue weighted by Crippen LogP contribution is -2.16. The Hall–Kier alpha value is -0.985. The van der Waals surface area contributed by atoms with Gasteiger partial charge < -0.3 is 5.73 Å². The highest BCUT2D eigenvalue weighted by Gasteiger charge is 1.97. The molecular formula is C7H9BFN. The van der Waals surface area contributed by atoms with Crippen LogP contribution in [0, 0.1) is 5.82 Å². The third kappa shape index (κ3) is 1.29. The van der Waals surface area contributed by atoms with Crippen molar-refractivity contribution < 1.29 is 4.39 Å². The van der Waals surface area contributed by atoms with Gasteiger partial charge in [0.05, 0.1) is 0 Å². The number of hydrogen-bond acceptors (Lipinski definition) is 1. The molecule has 0 saturated heterocycles. The van der Waals surface area contributed by atoms with Crippen LogP contribution >= 0.6 is 0 Å². The molecule has 0 atom stereocenters. The van der Waals surface area contributed by atoms with Gasteiger partial charge in [-0.25, -0.2) is 4.39 Å². The van der Waals surface area contributed by atoms with Gasteiger partial charge in [0, 0.05) is 5.69 Å². The minimum absolute atomic E-state index is 0.217. The van der Waals surface area contributed by atoms with Crippen LogP contribution in [0.1, 0.15) is 0 Å². The van der Waals surface area contributed by atoms with Gasteiger partial charge in [0.1, 0.15) is 5.82 Å². The van der Waals surface area contributed by atoms with E-state index in [2.05, 4.69) is 0 Å². The molecule has 1 aromatic carbocycles. The summed E-state index contributed by atoms with van der Waals surface area (Å²) in [4.78, 5) is 0. The Kier molecular flexibility index (Phi) is 1.95. The number of halogens is 1. The zero-order valence-corrected chi connectivity index (χ0v) is 5.89. The van der Waals surface area contributed by atoms with Crippen LogP contribution in [-0.2, 0) is 0 Å². The Labute approximate surface area is 60.3 Å². The Morgan fingerprint density at radius 2 is 2.20 bits per heavy atom. The summed E-state index contributed by atoms with van der Waals surface area (Å²) in [5.41, 5.74) is 7.08. The van der Waals surface area contributed by atoms with Gasteiger partial charge in [-0.3, -0.25) is 0 Å². The van der Waals surface area contributed by atoms with Crippen LogP contribution < -0.4 is 11.2 Å². The summed E-state index contributed by atoms with van der Waals surface area (Å²) in [5.74, 6) is -0.217. The van der Waals surface area contributed by atoms with Crippen molar-refractivity contribution >= 4 is 18.4 Å². The topological polar surface area (TPSA) is 26.0 Å². The van der Waals surface area contributed by atoms with Gasteiger partial charge in [-0.1, -0.05) is 12.3 Å². The number of benzene rings is 1. The van der Waals surface area contributed by atoms with Crippen LogP contribution in [0.15, 0.2) is 18.2 Å². The average Bonchev–Trinajstić information content (AvgIpc) is 1.94. The first-order valence-corrected chi connectivity index (χ1v) is 3.28. The van der Waals surface area contributed by atoms with Crippen LogP contribution in [0.2, 0.25) is 6.82 Å². The molecule has 0 bridgehead atoms. The van der Waals surface area contributed by atoms with Crippen molar-refractivity contribution in [2.45, 2.75) is 6.82 Å². The van der Waals surface area contributed by atoms with Gasteiger partial charge in [0.2, 0.25) is 0 Å². The molecule has 0 saturated carbocycles. The molecule has 3 heteroatoms. The predicted octanol–water partition coefficient (Wildman–Crippen LogP) is 0.518. The van der Waals surface area contributed by atoms with Gasteiger partial charge in [0.15, 0.2) is 7.28 Å². The lowest BCUT2D eigenvalue weighted by atomic mass is 9.72. The molecule has 0 amide bonds. The second-order valence-electron chi connectivity index (χ2n) is 2.20. The zero-order valence-electron chi connectivity index (χ0n) is 5.89. The summed E-state index contributed by atoms with van der Waals surface area (Å²) in [7, 11) is 0.781. The molecule has 1 aromatic rings. The lowest BCUT2D eigenvalue weighted by Gasteiger charge is -1.99. The van der Waals surface area contributed by atoms with E-state index in [1.54, 1.807) is 6.07 Å². The highest BCUT2D eigenvalue weighted by Crippen LogP contribution is 2.00. The van der Waals surface area contributed by atoms with Gasteiger partial charge in [0.25, 0.3) is 0 Å². The van der Waals surface area contributed by atoms with Gasteiger partial charge >= 0.3 is 0 Å². The number of nitrogen functional groups attached to an aromatic ring is 1. The fourth-order valence-electron chi connectivity index (χ4n) is 0.881. The molecule has 0 radical (unpaired) electrons. The number of rotatable bonds is 1. The highest BCUT2D eigenvalue weighted by atomic mass is 19.1. The SMILES string of the molecule is CBc1cc(F)ccc1N. The Balaban J connectivity index is 3.09. The van der Waals surface area contributed by atoms with Crippen molar-refractivity contribution in [2.24, 2.45) is 0 Å². The van der Waals surface area contributed by atoms with Crippen LogP contribution in [0.25, 0.3) is 0 Å². The van der Waals surface area contributed by atoms with Crippen molar-refractivity contribution in [3.8, 4) is 0 Å². The number of anilines is 1. The molecule has 0 aliphatic heterocycles. The lowest BCUT2D eigenvalue weighted by molar-refractivity contribution is 0.629. The Morgan fingerprint density at radius 1 is 1.50 bits per heavy atom. The van der Waals surface area contributed by atoms with E-state index in [0.29, 0.717) is 5.69 Å². The molecule has 2 N–H and O–H groups in total. The summed E-state index contributed by atoms with van der Waals surface area (Å²) in [6, 6.07) is 4.43. The molecule has 0 aromatic heterocycles. The van der Waals surface area contributed by atoms with Crippen LogP contribution in [0.3, 0.4) is 0 Å². The fraction of sp³-hybridized carbons (Fsp3) is 0.143. The van der Waals surface area contributed by atoms with Gasteiger partial charge in [-0.05, 0) is 18.2 Å². The summed E-state index contributed by atoms with van der Waals surface area (Å²) in [6.45, 7) is 1.95. The van der Waals surface area contributed by atoms with Gasteiger partial charge in [-0.15, -0.1) is 0 Å². The molecular weight excluding hydrogens is 128 g/mol. The fourth-order valence-corrected chi connectivity index (χ4v) is 0.881. The van der Waals surface area contributed by atoms with E-state index in [1.807, 2.05) is 6.82 Å². The third-order valence-corrected chi connectivity index (χ3v) is 1.49. The monoisotopic (exact) mass is 137 g/mol. The van der Waals surface area contributed by atoms with E-state index in [1.165, 1.54) is 12.1 Å². The molecule has 1 nitrogen and oxygen atoms in total. The first-order valence-electron chi connectivity index (χ1n) is 3.28. The molecule has 0 heterocycles. The first-order chi connectivity index (χ1) is 4.74. The standard InChI is InChI=1S/C7H9BFN/c1-8-6-4-5(9)2-3-7(6)10/h2-4,8H,10H2,1H3. The normalized spacial score (nSPS) is 9.40. The summed E-state index contributed by atoms with van der Waals surface area (Å²) in [5, 5.41) is 0. The smallest absolute Gasteiger partial charge is 0.157 e. The molecule has 0 spiro atoms. The van der Waals surface area contributed by atoms with Crippen LogP contribution in [0.5, 0.6) is 0 Å². The van der Waals surface area contributed by atoms with Crippen molar-refractivity contribution in [1.29, 1.82) is 0 Å². The maximum atomic E-state index is 12.5. The van der Waals surface area contributed by atoms with Crippen LogP contribution in [0.4, 0.5) is 10.1 Å². The summed E-state index contributed by atoms with van der Waals surface area (Å²) >= 11 is 0. The third-order valence-electron chi connectivity index (χ3n) is 1.49. The van der Waals surface area contributed by atoms with E-state index in [4.69, 9.17) is 5.73 Å². The van der Waals surface area contributed by atoms with Gasteiger partial charge in [-0.2, -0.15) is 0 Å². The van der Waals surface area contributed by atoms with Crippen molar-refractivity contribution in [2.75, 3.05) is 5.73 Å². The molecule has 0 aliphatic rings. The second-order valence-corrected chi connectivity index (χ2v) is 2.20. The summed E-state index contributed by atoms with van der Waals surface area (Å²) < 4.78 is 12.5. The number of hydrogen-bond donors (Lipinski definition) is 1. The maximum absolute atomic E-state index is 12.5.